The minimum absolute atomic E-state index is 0. The molecule has 254 valence electrons. The van der Waals surface area contributed by atoms with Crippen LogP contribution in [-0.2, 0) is 33.4 Å². The zero-order valence-electron chi connectivity index (χ0n) is 27.1. The number of thiophene rings is 1. The number of aliphatic hydroxyl groups excluding tert-OH is 3. The molecule has 2 bridgehead atoms. The summed E-state index contributed by atoms with van der Waals surface area (Å²) < 4.78 is 17.1. The van der Waals surface area contributed by atoms with Crippen LogP contribution in [-0.4, -0.2) is 104 Å². The standard InChI is InChI=1S/C31H41NO12S.2Ac/c1-13-17(44-27(39)23(37)21(32-14(2)33)16-7-8-45-11-16)10-31(41)26(43-15(3)34)24-29(6,18(35)9-19-30(24,40)12-42-19)25(38)22(36)20(13)28(31,4)5;;/h7-8,11,17-19,21-24,26,35-37,40-41H,9-10,12H2,1-6H3,(H,32,33);;/t17?,18-,19+,21-,22+,23+,24-,26-,29+,30-,31+;;/m0../s1. The molecule has 1 aromatic rings. The van der Waals surface area contributed by atoms with E-state index in [4.69, 9.17) is 14.2 Å². The van der Waals surface area contributed by atoms with Gasteiger partial charge in [0.25, 0.3) is 0 Å². The Morgan fingerprint density at radius 1 is 1.11 bits per heavy atom. The van der Waals surface area contributed by atoms with Crippen molar-refractivity contribution in [2.45, 2.75) is 108 Å². The number of ketones is 1. The van der Waals surface area contributed by atoms with Gasteiger partial charge in [0, 0.05) is 126 Å². The van der Waals surface area contributed by atoms with Crippen molar-refractivity contribution in [1.29, 1.82) is 0 Å². The van der Waals surface area contributed by atoms with Crippen LogP contribution in [0.3, 0.4) is 0 Å². The van der Waals surface area contributed by atoms with Crippen molar-refractivity contribution >= 4 is 35.0 Å². The number of esters is 2. The molecule has 11 atom stereocenters. The number of carbonyl (C=O) groups is 4. The number of carbonyl (C=O) groups excluding carboxylic acids is 4. The maximum atomic E-state index is 14.3. The molecule has 2 heterocycles. The molecule has 16 heteroatoms. The summed E-state index contributed by atoms with van der Waals surface area (Å²) in [5, 5.41) is 64.7. The number of amides is 1. The van der Waals surface area contributed by atoms with Crippen LogP contribution in [0.4, 0.5) is 0 Å². The molecule has 4 aliphatic rings. The van der Waals surface area contributed by atoms with E-state index in [0.29, 0.717) is 5.56 Å². The van der Waals surface area contributed by atoms with Gasteiger partial charge in [0.05, 0.1) is 30.3 Å². The summed E-state index contributed by atoms with van der Waals surface area (Å²) in [5.74, 6) is -4.81. The van der Waals surface area contributed by atoms with Crippen LogP contribution < -0.4 is 5.32 Å². The molecule has 5 rings (SSSR count). The Labute approximate surface area is 348 Å². The van der Waals surface area contributed by atoms with Gasteiger partial charge < -0.3 is 45.1 Å². The molecule has 2 saturated carbocycles. The topological polar surface area (TPSA) is 209 Å². The fourth-order valence-electron chi connectivity index (χ4n) is 8.16. The van der Waals surface area contributed by atoms with Gasteiger partial charge in [-0.25, -0.2) is 4.79 Å². The molecule has 0 spiro atoms. The van der Waals surface area contributed by atoms with Crippen LogP contribution in [0.1, 0.15) is 66.0 Å². The molecule has 1 aromatic heterocycles. The third-order valence-electron chi connectivity index (χ3n) is 10.7. The molecule has 1 amide bonds. The van der Waals surface area contributed by atoms with E-state index in [2.05, 4.69) is 5.32 Å². The number of aliphatic hydroxyl groups is 5. The first-order chi connectivity index (χ1) is 20.8. The van der Waals surface area contributed by atoms with Gasteiger partial charge in [-0.15, -0.1) is 0 Å². The van der Waals surface area contributed by atoms with Crippen molar-refractivity contribution in [3.8, 4) is 0 Å². The van der Waals surface area contributed by atoms with Crippen LogP contribution in [0.25, 0.3) is 0 Å². The van der Waals surface area contributed by atoms with Gasteiger partial charge in [0.15, 0.2) is 11.9 Å². The Kier molecular flexibility index (Phi) is 13.0. The predicted octanol–water partition coefficient (Wildman–Crippen LogP) is 0.0678. The maximum absolute atomic E-state index is 14.3. The minimum Gasteiger partial charge on any atom is -0.459 e. The minimum atomic E-state index is -2.20. The molecule has 1 unspecified atom stereocenters. The molecule has 13 nitrogen and oxygen atoms in total. The third-order valence-corrected chi connectivity index (χ3v) is 11.4. The average Bonchev–Trinajstić information content (AvgIpc) is 3.48. The van der Waals surface area contributed by atoms with E-state index in [1.165, 1.54) is 32.1 Å². The molecule has 1 aliphatic heterocycles. The van der Waals surface area contributed by atoms with Gasteiger partial charge in [-0.1, -0.05) is 13.8 Å². The van der Waals surface area contributed by atoms with Crippen molar-refractivity contribution in [2.24, 2.45) is 16.7 Å². The number of rotatable bonds is 6. The zero-order chi connectivity index (χ0) is 33.4. The van der Waals surface area contributed by atoms with Gasteiger partial charge in [0.1, 0.15) is 29.5 Å². The van der Waals surface area contributed by atoms with E-state index in [1.807, 2.05) is 0 Å². The van der Waals surface area contributed by atoms with E-state index in [1.54, 1.807) is 30.7 Å². The van der Waals surface area contributed by atoms with Crippen molar-refractivity contribution in [3.63, 3.8) is 0 Å². The third kappa shape index (κ3) is 6.56. The zero-order valence-corrected chi connectivity index (χ0v) is 37.4. The van der Waals surface area contributed by atoms with Crippen LogP contribution in [0.2, 0.25) is 0 Å². The summed E-state index contributed by atoms with van der Waals surface area (Å²) in [4.78, 5) is 52.3. The van der Waals surface area contributed by atoms with Crippen LogP contribution >= 0.6 is 11.3 Å². The van der Waals surface area contributed by atoms with Gasteiger partial charge in [0.2, 0.25) is 5.91 Å². The first-order valence-electron chi connectivity index (χ1n) is 14.8. The summed E-state index contributed by atoms with van der Waals surface area (Å²) in [7, 11) is 0. The molecular formula is C31H41Ac2NO12S. The first-order valence-corrected chi connectivity index (χ1v) is 15.8. The Morgan fingerprint density at radius 3 is 2.26 bits per heavy atom. The second-order valence-corrected chi connectivity index (χ2v) is 14.3. The summed E-state index contributed by atoms with van der Waals surface area (Å²) in [6, 6.07) is 0.473. The molecule has 1 saturated heterocycles. The number of fused-ring (bicyclic) bond motifs is 5. The normalized spacial score (nSPS) is 38.3. The Bertz CT molecular complexity index is 1440. The Hall–Kier alpha value is 0.163. The van der Waals surface area contributed by atoms with E-state index in [9.17, 15) is 44.7 Å². The molecule has 2 radical (unpaired) electrons. The molecular weight excluding hydrogens is 1060 g/mol. The number of nitrogens with one attached hydrogen (secondary N) is 1. The first kappa shape index (κ1) is 41.6. The Morgan fingerprint density at radius 2 is 1.74 bits per heavy atom. The summed E-state index contributed by atoms with van der Waals surface area (Å²) in [6.07, 6.45) is -9.73. The largest absolute Gasteiger partial charge is 0.459 e. The van der Waals surface area contributed by atoms with Crippen molar-refractivity contribution < 1.29 is 147 Å². The van der Waals surface area contributed by atoms with E-state index >= 15 is 0 Å². The fourth-order valence-corrected chi connectivity index (χ4v) is 8.86. The number of Topliss-reactive ketones (excluding diaryl/α,β-unsaturated/α-hetero) is 1. The van der Waals surface area contributed by atoms with Gasteiger partial charge in [-0.05, 0) is 47.4 Å². The number of hydrogen-bond donors (Lipinski definition) is 6. The summed E-state index contributed by atoms with van der Waals surface area (Å²) >= 11 is 1.29. The SMILES string of the molecule is CC(=O)N[C@@H](c1ccsc1)[C@@H](O)C(=O)OC1C[C@@]2(O)[C@@H](OC(C)=O)[C@@H]3[C@]4(O)CO[C@@H]4C[C@H](O)[C@@]3(C)C(=O)[C@H](O)C(=C1C)C2(C)C.[Ac].[Ac]. The smallest absolute Gasteiger partial charge is 0.338 e. The van der Waals surface area contributed by atoms with Crippen molar-refractivity contribution in [3.05, 3.63) is 33.5 Å². The van der Waals surface area contributed by atoms with Gasteiger partial charge in [-0.2, -0.15) is 11.3 Å². The van der Waals surface area contributed by atoms with Gasteiger partial charge >= 0.3 is 11.9 Å². The van der Waals surface area contributed by atoms with Crippen molar-refractivity contribution in [2.75, 3.05) is 6.61 Å². The molecule has 6 N–H and O–H groups in total. The molecule has 47 heavy (non-hydrogen) atoms. The average molecular weight is 1110 g/mol. The summed E-state index contributed by atoms with van der Waals surface area (Å²) in [6.45, 7) is 8.06. The Balaban J connectivity index is 0.00000300. The number of hydrogen-bond acceptors (Lipinski definition) is 13. The van der Waals surface area contributed by atoms with Crippen LogP contribution in [0.15, 0.2) is 28.0 Å². The number of ether oxygens (including phenoxy) is 3. The molecule has 3 aliphatic carbocycles. The summed E-state index contributed by atoms with van der Waals surface area (Å²) in [5.41, 5.74) is -6.76. The fraction of sp³-hybridized carbons (Fsp3) is 0.677. The quantitative estimate of drug-likeness (QED) is 0.165. The van der Waals surface area contributed by atoms with Crippen LogP contribution in [0.5, 0.6) is 0 Å². The van der Waals surface area contributed by atoms with E-state index in [-0.39, 0.29) is 112 Å². The predicted molar refractivity (Wildman–Crippen MR) is 156 cm³/mol. The van der Waals surface area contributed by atoms with Crippen molar-refractivity contribution in [1.82, 2.24) is 5.32 Å². The second-order valence-electron chi connectivity index (χ2n) is 13.6. The molecule has 3 fully saturated rings. The van der Waals surface area contributed by atoms with E-state index in [0.717, 1.165) is 6.92 Å². The maximum Gasteiger partial charge on any atom is 0.338 e. The van der Waals surface area contributed by atoms with Gasteiger partial charge in [-0.3, -0.25) is 14.4 Å². The monoisotopic (exact) mass is 1110 g/mol. The molecule has 0 aromatic carbocycles. The van der Waals surface area contributed by atoms with E-state index < -0.39 is 101 Å². The van der Waals surface area contributed by atoms with Crippen LogP contribution in [0, 0.1) is 105 Å². The second kappa shape index (κ2) is 14.7.